The molecule has 3 N–H and O–H groups in total. The monoisotopic (exact) mass is 378 g/mol. The number of rotatable bonds is 7. The van der Waals surface area contributed by atoms with Gasteiger partial charge in [0.1, 0.15) is 23.1 Å². The Morgan fingerprint density at radius 1 is 1.31 bits per heavy atom. The zero-order valence-corrected chi connectivity index (χ0v) is 15.1. The van der Waals surface area contributed by atoms with Crippen molar-refractivity contribution >= 4 is 23.5 Å². The van der Waals surface area contributed by atoms with Gasteiger partial charge in [0.25, 0.3) is 5.91 Å². The summed E-state index contributed by atoms with van der Waals surface area (Å²) in [5.41, 5.74) is 6.07. The van der Waals surface area contributed by atoms with E-state index in [-0.39, 0.29) is 40.9 Å². The molecule has 0 fully saturated rings. The van der Waals surface area contributed by atoms with Crippen molar-refractivity contribution in [2.75, 3.05) is 6.61 Å². The maximum Gasteiger partial charge on any atom is 0.345 e. The van der Waals surface area contributed by atoms with Crippen molar-refractivity contribution in [2.24, 2.45) is 5.73 Å². The standard InChI is InChI=1S/C18H19ClN2O5/c1-3-25-18(24)13-15(26-9-11-7-5-4-6-8-11)12(14(22)17(20)23)10(2)21-16(13)19/h4-8,14,22H,3,9H2,1-2H3,(H2,20,23). The van der Waals surface area contributed by atoms with Gasteiger partial charge in [0.2, 0.25) is 0 Å². The number of carbonyl (C=O) groups is 2. The van der Waals surface area contributed by atoms with Crippen LogP contribution in [0.4, 0.5) is 0 Å². The number of nitrogens with zero attached hydrogens (tertiary/aromatic N) is 1. The van der Waals surface area contributed by atoms with E-state index in [0.717, 1.165) is 5.56 Å². The van der Waals surface area contributed by atoms with Gasteiger partial charge in [-0.1, -0.05) is 41.9 Å². The van der Waals surface area contributed by atoms with Gasteiger partial charge in [-0.2, -0.15) is 0 Å². The summed E-state index contributed by atoms with van der Waals surface area (Å²) in [6, 6.07) is 9.15. The number of halogens is 1. The number of aliphatic hydroxyl groups is 1. The highest BCUT2D eigenvalue weighted by molar-refractivity contribution is 6.32. The van der Waals surface area contributed by atoms with Crippen molar-refractivity contribution in [1.29, 1.82) is 0 Å². The number of nitrogens with two attached hydrogens (primary N) is 1. The molecule has 0 saturated heterocycles. The lowest BCUT2D eigenvalue weighted by atomic mass is 10.0. The Bertz CT molecular complexity index is 811. The summed E-state index contributed by atoms with van der Waals surface area (Å²) < 4.78 is 10.8. The second-order valence-corrected chi connectivity index (χ2v) is 5.76. The summed E-state index contributed by atoms with van der Waals surface area (Å²) in [6.45, 7) is 3.34. The fourth-order valence-electron chi connectivity index (χ4n) is 2.38. The minimum atomic E-state index is -1.71. The molecule has 0 aliphatic carbocycles. The van der Waals surface area contributed by atoms with Gasteiger partial charge in [-0.05, 0) is 19.4 Å². The third-order valence-electron chi connectivity index (χ3n) is 3.58. The number of carbonyl (C=O) groups excluding carboxylic acids is 2. The van der Waals surface area contributed by atoms with Crippen molar-refractivity contribution in [3.8, 4) is 5.75 Å². The first-order valence-electron chi connectivity index (χ1n) is 7.88. The normalized spacial score (nSPS) is 11.7. The Kier molecular flexibility index (Phi) is 6.54. The largest absolute Gasteiger partial charge is 0.487 e. The number of esters is 1. The molecule has 0 aliphatic heterocycles. The third-order valence-corrected chi connectivity index (χ3v) is 3.86. The summed E-state index contributed by atoms with van der Waals surface area (Å²) in [6.07, 6.45) is -1.71. The second kappa shape index (κ2) is 8.64. The van der Waals surface area contributed by atoms with Crippen LogP contribution in [0.5, 0.6) is 5.75 Å². The number of pyridine rings is 1. The van der Waals surface area contributed by atoms with Crippen LogP contribution in [0, 0.1) is 6.92 Å². The van der Waals surface area contributed by atoms with Gasteiger partial charge < -0.3 is 20.3 Å². The molecule has 0 aliphatic rings. The van der Waals surface area contributed by atoms with Crippen LogP contribution in [0.15, 0.2) is 30.3 Å². The molecule has 1 unspecified atom stereocenters. The lowest BCUT2D eigenvalue weighted by Crippen LogP contribution is -2.24. The minimum absolute atomic E-state index is 0.0131. The summed E-state index contributed by atoms with van der Waals surface area (Å²) in [5.74, 6) is -1.85. The zero-order chi connectivity index (χ0) is 19.3. The van der Waals surface area contributed by atoms with Crippen LogP contribution in [0.3, 0.4) is 0 Å². The van der Waals surface area contributed by atoms with Crippen LogP contribution in [-0.2, 0) is 16.1 Å². The maximum atomic E-state index is 12.3. The molecule has 7 nitrogen and oxygen atoms in total. The Morgan fingerprint density at radius 3 is 2.54 bits per heavy atom. The van der Waals surface area contributed by atoms with Crippen LogP contribution in [0.1, 0.15) is 40.2 Å². The lowest BCUT2D eigenvalue weighted by Gasteiger charge is -2.20. The molecule has 8 heteroatoms. The highest BCUT2D eigenvalue weighted by Gasteiger charge is 2.30. The van der Waals surface area contributed by atoms with E-state index in [4.69, 9.17) is 26.8 Å². The first kappa shape index (κ1) is 19.7. The Labute approximate surface area is 155 Å². The number of hydrogen-bond donors (Lipinski definition) is 2. The molecule has 0 saturated carbocycles. The molecule has 0 radical (unpaired) electrons. The van der Waals surface area contributed by atoms with Crippen molar-refractivity contribution in [3.05, 3.63) is 57.9 Å². The molecule has 1 aromatic heterocycles. The van der Waals surface area contributed by atoms with E-state index in [9.17, 15) is 14.7 Å². The lowest BCUT2D eigenvalue weighted by molar-refractivity contribution is -0.126. The predicted molar refractivity (Wildman–Crippen MR) is 94.9 cm³/mol. The van der Waals surface area contributed by atoms with Crippen molar-refractivity contribution in [1.82, 2.24) is 4.98 Å². The third kappa shape index (κ3) is 4.30. The van der Waals surface area contributed by atoms with Crippen LogP contribution < -0.4 is 10.5 Å². The zero-order valence-electron chi connectivity index (χ0n) is 14.4. The van der Waals surface area contributed by atoms with Crippen LogP contribution >= 0.6 is 11.6 Å². The number of aromatic nitrogens is 1. The van der Waals surface area contributed by atoms with E-state index in [0.29, 0.717) is 0 Å². The fourth-order valence-corrected chi connectivity index (χ4v) is 2.67. The number of amides is 1. The Balaban J connectivity index is 2.57. The van der Waals surface area contributed by atoms with Crippen molar-refractivity contribution < 1.29 is 24.2 Å². The number of aryl methyl sites for hydroxylation is 1. The smallest absolute Gasteiger partial charge is 0.345 e. The van der Waals surface area contributed by atoms with Gasteiger partial charge in [-0.15, -0.1) is 0 Å². The average molecular weight is 379 g/mol. The van der Waals surface area contributed by atoms with Gasteiger partial charge >= 0.3 is 5.97 Å². The molecule has 2 rings (SSSR count). The van der Waals surface area contributed by atoms with Gasteiger partial charge in [-0.25, -0.2) is 9.78 Å². The first-order chi connectivity index (χ1) is 12.4. The highest BCUT2D eigenvalue weighted by atomic mass is 35.5. The van der Waals surface area contributed by atoms with Gasteiger partial charge in [-0.3, -0.25) is 4.79 Å². The number of primary amides is 1. The number of benzene rings is 1. The number of ether oxygens (including phenoxy) is 2. The molecular weight excluding hydrogens is 360 g/mol. The van der Waals surface area contributed by atoms with Crippen molar-refractivity contribution in [3.63, 3.8) is 0 Å². The SMILES string of the molecule is CCOC(=O)c1c(Cl)nc(C)c(C(O)C(N)=O)c1OCc1ccccc1. The summed E-state index contributed by atoms with van der Waals surface area (Å²) >= 11 is 6.11. The fraction of sp³-hybridized carbons (Fsp3) is 0.278. The van der Waals surface area contributed by atoms with E-state index >= 15 is 0 Å². The molecule has 2 aromatic rings. The first-order valence-corrected chi connectivity index (χ1v) is 8.25. The van der Waals surface area contributed by atoms with Crippen LogP contribution in [0.2, 0.25) is 5.15 Å². The van der Waals surface area contributed by atoms with Crippen molar-refractivity contribution in [2.45, 2.75) is 26.6 Å². The second-order valence-electron chi connectivity index (χ2n) is 5.41. The van der Waals surface area contributed by atoms with Gasteiger partial charge in [0.05, 0.1) is 12.2 Å². The Morgan fingerprint density at radius 2 is 1.96 bits per heavy atom. The molecule has 1 amide bonds. The average Bonchev–Trinajstić information content (AvgIpc) is 2.60. The van der Waals surface area contributed by atoms with E-state index in [1.165, 1.54) is 6.92 Å². The predicted octanol–water partition coefficient (Wildman–Crippen LogP) is 2.32. The summed E-state index contributed by atoms with van der Waals surface area (Å²) in [7, 11) is 0. The Hall–Kier alpha value is -2.64. The number of aliphatic hydroxyl groups excluding tert-OH is 1. The van der Waals surface area contributed by atoms with E-state index in [1.54, 1.807) is 6.92 Å². The molecule has 1 aromatic carbocycles. The molecule has 138 valence electrons. The van der Waals surface area contributed by atoms with E-state index in [1.807, 2.05) is 30.3 Å². The topological polar surface area (TPSA) is 112 Å². The molecular formula is C18H19ClN2O5. The van der Waals surface area contributed by atoms with Gasteiger partial charge in [0, 0.05) is 5.69 Å². The molecule has 0 bridgehead atoms. The maximum absolute atomic E-state index is 12.3. The summed E-state index contributed by atoms with van der Waals surface area (Å²) in [4.78, 5) is 27.9. The number of hydrogen-bond acceptors (Lipinski definition) is 6. The summed E-state index contributed by atoms with van der Waals surface area (Å²) in [5, 5.41) is 10.0. The molecule has 0 spiro atoms. The quantitative estimate of drug-likeness (QED) is 0.564. The minimum Gasteiger partial charge on any atom is -0.487 e. The molecule has 26 heavy (non-hydrogen) atoms. The van der Waals surface area contributed by atoms with Crippen LogP contribution in [0.25, 0.3) is 0 Å². The van der Waals surface area contributed by atoms with E-state index in [2.05, 4.69) is 4.98 Å². The molecule has 1 heterocycles. The van der Waals surface area contributed by atoms with E-state index < -0.39 is 18.0 Å². The molecule has 1 atom stereocenters. The van der Waals surface area contributed by atoms with Crippen LogP contribution in [-0.4, -0.2) is 28.6 Å². The van der Waals surface area contributed by atoms with Gasteiger partial charge in [0.15, 0.2) is 6.10 Å². The highest BCUT2D eigenvalue weighted by Crippen LogP contribution is 2.36.